The number of carbonyl (C=O) groups excluding carboxylic acids is 1. The largest absolute Gasteiger partial charge is 0.477 e. The maximum atomic E-state index is 11.7. The molecule has 1 aromatic rings. The Labute approximate surface area is 75.9 Å². The maximum Gasteiger partial charge on any atom is 0.353 e. The molecule has 0 spiro atoms. The van der Waals surface area contributed by atoms with Crippen LogP contribution in [-0.2, 0) is 4.79 Å². The molecule has 0 fully saturated rings. The van der Waals surface area contributed by atoms with Crippen LogP contribution in [0.4, 0.5) is 14.6 Å². The van der Waals surface area contributed by atoms with Crippen molar-refractivity contribution in [3.63, 3.8) is 0 Å². The van der Waals surface area contributed by atoms with Gasteiger partial charge in [0, 0.05) is 6.07 Å². The number of anilines is 1. The van der Waals surface area contributed by atoms with Gasteiger partial charge in [-0.25, -0.2) is 4.79 Å². The number of carbonyl (C=O) groups is 2. The Morgan fingerprint density at radius 2 is 2.21 bits per heavy atom. The van der Waals surface area contributed by atoms with E-state index in [9.17, 15) is 18.4 Å². The highest BCUT2D eigenvalue weighted by Crippen LogP contribution is 2.06. The lowest BCUT2D eigenvalue weighted by molar-refractivity contribution is -0.126. The number of aromatic carboxylic acids is 1. The second-order valence-corrected chi connectivity index (χ2v) is 2.26. The summed E-state index contributed by atoms with van der Waals surface area (Å²) < 4.78 is 23.4. The van der Waals surface area contributed by atoms with Gasteiger partial charge in [-0.3, -0.25) is 9.89 Å². The molecule has 0 aromatic carbocycles. The number of alkyl halides is 2. The first-order valence-electron chi connectivity index (χ1n) is 3.38. The molecule has 0 unspecified atom stereocenters. The average molecular weight is 205 g/mol. The van der Waals surface area contributed by atoms with Crippen molar-refractivity contribution in [2.45, 2.75) is 6.43 Å². The lowest BCUT2D eigenvalue weighted by Crippen LogP contribution is -2.20. The molecule has 0 radical (unpaired) electrons. The van der Waals surface area contributed by atoms with E-state index in [4.69, 9.17) is 5.11 Å². The fourth-order valence-electron chi connectivity index (χ4n) is 0.676. The number of hydrogen-bond acceptors (Lipinski definition) is 3. The Morgan fingerprint density at radius 3 is 2.64 bits per heavy atom. The molecule has 1 aromatic heterocycles. The monoisotopic (exact) mass is 205 g/mol. The van der Waals surface area contributed by atoms with Crippen molar-refractivity contribution in [3.8, 4) is 0 Å². The smallest absolute Gasteiger partial charge is 0.353 e. The normalized spacial score (nSPS) is 10.2. The number of rotatable bonds is 3. The number of aromatic amines is 1. The third kappa shape index (κ3) is 2.25. The second kappa shape index (κ2) is 3.81. The molecule has 0 aliphatic carbocycles. The number of halogens is 2. The van der Waals surface area contributed by atoms with Gasteiger partial charge in [-0.1, -0.05) is 0 Å². The van der Waals surface area contributed by atoms with E-state index in [2.05, 4.69) is 5.10 Å². The van der Waals surface area contributed by atoms with Crippen molar-refractivity contribution in [2.75, 3.05) is 5.32 Å². The highest BCUT2D eigenvalue weighted by Gasteiger charge is 2.17. The topological polar surface area (TPSA) is 95.1 Å². The minimum absolute atomic E-state index is 0.257. The summed E-state index contributed by atoms with van der Waals surface area (Å²) in [5.74, 6) is -3.09. The van der Waals surface area contributed by atoms with Crippen LogP contribution in [0.2, 0.25) is 0 Å². The van der Waals surface area contributed by atoms with Gasteiger partial charge in [0.1, 0.15) is 5.69 Å². The summed E-state index contributed by atoms with van der Waals surface area (Å²) in [4.78, 5) is 20.7. The highest BCUT2D eigenvalue weighted by atomic mass is 19.3. The fourth-order valence-corrected chi connectivity index (χ4v) is 0.676. The standard InChI is InChI=1S/C6H5F2N3O3/c7-4(8)5(12)9-3-1-2(6(13)14)10-11-3/h1,4H,(H,13,14)(H2,9,10,11,12). The fraction of sp³-hybridized carbons (Fsp3) is 0.167. The van der Waals surface area contributed by atoms with Gasteiger partial charge >= 0.3 is 12.4 Å². The van der Waals surface area contributed by atoms with E-state index in [0.29, 0.717) is 0 Å². The van der Waals surface area contributed by atoms with E-state index in [1.165, 1.54) is 0 Å². The van der Waals surface area contributed by atoms with Crippen LogP contribution in [0.3, 0.4) is 0 Å². The molecular formula is C6H5F2N3O3. The molecule has 0 aliphatic rings. The van der Waals surface area contributed by atoms with Gasteiger partial charge in [0.05, 0.1) is 0 Å². The molecule has 8 heteroatoms. The van der Waals surface area contributed by atoms with Crippen molar-refractivity contribution in [1.29, 1.82) is 0 Å². The van der Waals surface area contributed by atoms with Gasteiger partial charge in [-0.05, 0) is 0 Å². The molecular weight excluding hydrogens is 200 g/mol. The molecule has 1 rings (SSSR count). The van der Waals surface area contributed by atoms with Crippen LogP contribution in [0, 0.1) is 0 Å². The highest BCUT2D eigenvalue weighted by molar-refractivity contribution is 5.93. The van der Waals surface area contributed by atoms with E-state index in [1.807, 2.05) is 5.10 Å². The number of aromatic nitrogens is 2. The lowest BCUT2D eigenvalue weighted by Gasteiger charge is -1.97. The Kier molecular flexibility index (Phi) is 2.75. The van der Waals surface area contributed by atoms with Crippen LogP contribution >= 0.6 is 0 Å². The first kappa shape index (κ1) is 10.1. The molecule has 6 nitrogen and oxygen atoms in total. The SMILES string of the molecule is O=C(O)c1cc(NC(=O)C(F)F)n[nH]1. The zero-order chi connectivity index (χ0) is 10.7. The van der Waals surface area contributed by atoms with Gasteiger partial charge in [0.15, 0.2) is 5.82 Å². The van der Waals surface area contributed by atoms with Gasteiger partial charge < -0.3 is 10.4 Å². The molecule has 1 heterocycles. The molecule has 14 heavy (non-hydrogen) atoms. The Morgan fingerprint density at radius 1 is 1.57 bits per heavy atom. The van der Waals surface area contributed by atoms with Crippen LogP contribution in [0.15, 0.2) is 6.07 Å². The van der Waals surface area contributed by atoms with E-state index < -0.39 is 18.3 Å². The number of nitrogens with zero attached hydrogens (tertiary/aromatic N) is 1. The predicted octanol–water partition coefficient (Wildman–Crippen LogP) is 0.311. The van der Waals surface area contributed by atoms with E-state index >= 15 is 0 Å². The van der Waals surface area contributed by atoms with Gasteiger partial charge in [-0.2, -0.15) is 13.9 Å². The van der Waals surface area contributed by atoms with Gasteiger partial charge in [0.25, 0.3) is 5.91 Å². The minimum Gasteiger partial charge on any atom is -0.477 e. The predicted molar refractivity (Wildman–Crippen MR) is 40.2 cm³/mol. The van der Waals surface area contributed by atoms with Gasteiger partial charge in [0.2, 0.25) is 0 Å². The Bertz CT molecular complexity index is 363. The summed E-state index contributed by atoms with van der Waals surface area (Å²) in [6, 6.07) is 0.933. The van der Waals surface area contributed by atoms with E-state index in [0.717, 1.165) is 6.07 Å². The number of carboxylic acids is 1. The summed E-state index contributed by atoms with van der Waals surface area (Å²) in [6.07, 6.45) is -3.17. The third-order valence-electron chi connectivity index (χ3n) is 1.26. The van der Waals surface area contributed by atoms with Crippen molar-refractivity contribution in [2.24, 2.45) is 0 Å². The molecule has 0 aliphatic heterocycles. The molecule has 0 atom stereocenters. The van der Waals surface area contributed by atoms with Crippen LogP contribution in [0.5, 0.6) is 0 Å². The number of H-pyrrole nitrogens is 1. The Hall–Kier alpha value is -1.99. The van der Waals surface area contributed by atoms with E-state index in [1.54, 1.807) is 5.32 Å². The third-order valence-corrected chi connectivity index (χ3v) is 1.26. The molecule has 0 saturated carbocycles. The number of hydrogen-bond donors (Lipinski definition) is 3. The van der Waals surface area contributed by atoms with Crippen molar-refractivity contribution >= 4 is 17.7 Å². The minimum atomic E-state index is -3.17. The first-order chi connectivity index (χ1) is 6.50. The van der Waals surface area contributed by atoms with Crippen molar-refractivity contribution < 1.29 is 23.5 Å². The summed E-state index contributed by atoms with van der Waals surface area (Å²) in [7, 11) is 0. The average Bonchev–Trinajstić information content (AvgIpc) is 2.52. The van der Waals surface area contributed by atoms with Crippen LogP contribution in [0.25, 0.3) is 0 Å². The van der Waals surface area contributed by atoms with Crippen LogP contribution in [0.1, 0.15) is 10.5 Å². The first-order valence-corrected chi connectivity index (χ1v) is 3.38. The second-order valence-electron chi connectivity index (χ2n) is 2.26. The lowest BCUT2D eigenvalue weighted by atomic mass is 10.4. The maximum absolute atomic E-state index is 11.7. The Balaban J connectivity index is 2.69. The molecule has 0 bridgehead atoms. The summed E-state index contributed by atoms with van der Waals surface area (Å²) >= 11 is 0. The molecule has 76 valence electrons. The number of carboxylic acid groups (broad SMARTS) is 1. The van der Waals surface area contributed by atoms with Crippen molar-refractivity contribution in [3.05, 3.63) is 11.8 Å². The molecule has 0 saturated heterocycles. The zero-order valence-corrected chi connectivity index (χ0v) is 6.62. The van der Waals surface area contributed by atoms with Crippen molar-refractivity contribution in [1.82, 2.24) is 10.2 Å². The summed E-state index contributed by atoms with van der Waals surface area (Å²) in [5.41, 5.74) is -0.297. The number of amides is 1. The van der Waals surface area contributed by atoms with Crippen LogP contribution in [-0.4, -0.2) is 33.6 Å². The zero-order valence-electron chi connectivity index (χ0n) is 6.62. The van der Waals surface area contributed by atoms with Gasteiger partial charge in [-0.15, -0.1) is 0 Å². The van der Waals surface area contributed by atoms with E-state index in [-0.39, 0.29) is 11.5 Å². The number of nitrogens with one attached hydrogen (secondary N) is 2. The van der Waals surface area contributed by atoms with Crippen LogP contribution < -0.4 is 5.32 Å². The summed E-state index contributed by atoms with van der Waals surface area (Å²) in [5, 5.41) is 15.5. The summed E-state index contributed by atoms with van der Waals surface area (Å²) in [6.45, 7) is 0. The molecule has 1 amide bonds. The quantitative estimate of drug-likeness (QED) is 0.661. The molecule has 3 N–H and O–H groups in total.